The van der Waals surface area contributed by atoms with Crippen molar-refractivity contribution in [3.63, 3.8) is 0 Å². The molecule has 1 amide bonds. The highest BCUT2D eigenvalue weighted by molar-refractivity contribution is 5.78. The molecule has 142 valence electrons. The highest BCUT2D eigenvalue weighted by Gasteiger charge is 2.50. The van der Waals surface area contributed by atoms with Gasteiger partial charge in [0.1, 0.15) is 5.75 Å². The fourth-order valence-corrected chi connectivity index (χ4v) is 4.49. The van der Waals surface area contributed by atoms with Crippen molar-refractivity contribution in [2.45, 2.75) is 46.1 Å². The van der Waals surface area contributed by atoms with Gasteiger partial charge in [-0.1, -0.05) is 37.6 Å². The monoisotopic (exact) mass is 356 g/mol. The van der Waals surface area contributed by atoms with Crippen molar-refractivity contribution in [2.75, 3.05) is 20.2 Å². The molecule has 4 nitrogen and oxygen atoms in total. The summed E-state index contributed by atoms with van der Waals surface area (Å²) in [5, 5.41) is 6.42. The number of nitrogens with one attached hydrogen (secondary N) is 2. The van der Waals surface area contributed by atoms with Crippen LogP contribution in [0.1, 0.15) is 39.2 Å². The van der Waals surface area contributed by atoms with E-state index in [2.05, 4.69) is 30.6 Å². The van der Waals surface area contributed by atoms with Gasteiger partial charge in [0.05, 0.1) is 13.7 Å². The Kier molecular flexibility index (Phi) is 5.71. The third-order valence-electron chi connectivity index (χ3n) is 6.31. The van der Waals surface area contributed by atoms with Gasteiger partial charge in [0.2, 0.25) is 5.91 Å². The fourth-order valence-electron chi connectivity index (χ4n) is 4.49. The third-order valence-corrected chi connectivity index (χ3v) is 6.31. The topological polar surface area (TPSA) is 50.4 Å². The van der Waals surface area contributed by atoms with Gasteiger partial charge in [-0.3, -0.25) is 4.79 Å². The van der Waals surface area contributed by atoms with E-state index in [-0.39, 0.29) is 11.9 Å². The molecule has 4 rings (SSSR count). The number of amides is 1. The van der Waals surface area contributed by atoms with Gasteiger partial charge in [0.25, 0.3) is 0 Å². The number of hydrogen-bond donors (Lipinski definition) is 2. The quantitative estimate of drug-likeness (QED) is 0.703. The van der Waals surface area contributed by atoms with Crippen LogP contribution in [0.4, 0.5) is 0 Å². The van der Waals surface area contributed by atoms with E-state index in [0.717, 1.165) is 24.6 Å². The van der Waals surface area contributed by atoms with E-state index >= 15 is 0 Å². The minimum Gasteiger partial charge on any atom is -0.497 e. The Bertz CT molecular complexity index is 663. The van der Waals surface area contributed by atoms with Gasteiger partial charge in [0.15, 0.2) is 0 Å². The largest absolute Gasteiger partial charge is 0.497 e. The number of benzene rings is 1. The molecule has 0 saturated heterocycles. The zero-order chi connectivity index (χ0) is 18.7. The van der Waals surface area contributed by atoms with Crippen LogP contribution in [0.15, 0.2) is 35.9 Å². The van der Waals surface area contributed by atoms with Crippen LogP contribution in [-0.4, -0.2) is 32.1 Å². The molecule has 1 aromatic rings. The number of hydrogen-bond acceptors (Lipinski definition) is 3. The lowest BCUT2D eigenvalue weighted by atomic mass is 9.49. The van der Waals surface area contributed by atoms with Gasteiger partial charge in [-0.15, -0.1) is 0 Å². The summed E-state index contributed by atoms with van der Waals surface area (Å²) < 4.78 is 5.17. The number of methoxy groups -OCH3 is 1. The maximum atomic E-state index is 12.2. The molecule has 0 heterocycles. The van der Waals surface area contributed by atoms with Crippen molar-refractivity contribution in [2.24, 2.45) is 17.3 Å². The molecule has 1 aromatic carbocycles. The SMILES string of the molecule is COc1ccc(CC(C)NC(=O)CNCC2=CCC3CC2C3(C)C)cc1. The predicted octanol–water partition coefficient (Wildman–Crippen LogP) is 3.32. The van der Waals surface area contributed by atoms with Gasteiger partial charge in [0, 0.05) is 12.6 Å². The molecule has 0 aromatic heterocycles. The number of carbonyl (C=O) groups is 1. The fraction of sp³-hybridized carbons (Fsp3) is 0.591. The molecule has 2 N–H and O–H groups in total. The van der Waals surface area contributed by atoms with Crippen LogP contribution in [-0.2, 0) is 11.2 Å². The molecule has 0 radical (unpaired) electrons. The number of fused-ring (bicyclic) bond motifs is 1. The molecule has 3 atom stereocenters. The lowest BCUT2D eigenvalue weighted by molar-refractivity contribution is -0.120. The normalized spacial score (nSPS) is 24.2. The highest BCUT2D eigenvalue weighted by atomic mass is 16.5. The number of allylic oxidation sites excluding steroid dienone is 1. The molecule has 1 fully saturated rings. The standard InChI is InChI=1S/C22H32N2O2/c1-15(11-16-5-9-19(26-4)10-6-16)24-21(25)14-23-13-17-7-8-18-12-20(17)22(18,2)3/h5-7,9-10,15,18,20,23H,8,11-14H2,1-4H3,(H,24,25). The van der Waals surface area contributed by atoms with Gasteiger partial charge in [-0.05, 0) is 61.1 Å². The summed E-state index contributed by atoms with van der Waals surface area (Å²) in [5.74, 6) is 2.48. The van der Waals surface area contributed by atoms with Crippen molar-refractivity contribution in [1.82, 2.24) is 10.6 Å². The molecule has 1 saturated carbocycles. The third kappa shape index (κ3) is 4.12. The lowest BCUT2D eigenvalue weighted by Crippen LogP contribution is -2.50. The van der Waals surface area contributed by atoms with E-state index in [9.17, 15) is 4.79 Å². The maximum Gasteiger partial charge on any atom is 0.234 e. The average Bonchev–Trinajstić information content (AvgIpc) is 2.62. The first-order valence-corrected chi connectivity index (χ1v) is 9.72. The minimum absolute atomic E-state index is 0.0631. The first-order valence-electron chi connectivity index (χ1n) is 9.72. The van der Waals surface area contributed by atoms with Crippen LogP contribution in [0.5, 0.6) is 5.75 Å². The zero-order valence-corrected chi connectivity index (χ0v) is 16.5. The van der Waals surface area contributed by atoms with Crippen LogP contribution in [0.3, 0.4) is 0 Å². The van der Waals surface area contributed by atoms with Crippen molar-refractivity contribution in [3.8, 4) is 5.75 Å². The van der Waals surface area contributed by atoms with E-state index in [1.807, 2.05) is 31.2 Å². The first-order chi connectivity index (χ1) is 12.4. The molecule has 0 aliphatic heterocycles. The lowest BCUT2D eigenvalue weighted by Gasteiger charge is -2.56. The Morgan fingerprint density at radius 3 is 2.65 bits per heavy atom. The van der Waals surface area contributed by atoms with Crippen LogP contribution in [0, 0.1) is 17.3 Å². The molecular weight excluding hydrogens is 324 g/mol. The van der Waals surface area contributed by atoms with Crippen molar-refractivity contribution in [3.05, 3.63) is 41.5 Å². The van der Waals surface area contributed by atoms with Crippen molar-refractivity contribution < 1.29 is 9.53 Å². The smallest absolute Gasteiger partial charge is 0.234 e. The Hall–Kier alpha value is -1.81. The summed E-state index contributed by atoms with van der Waals surface area (Å²) in [6.45, 7) is 8.02. The van der Waals surface area contributed by atoms with Gasteiger partial charge in [-0.2, -0.15) is 0 Å². The summed E-state index contributed by atoms with van der Waals surface area (Å²) in [7, 11) is 1.67. The van der Waals surface area contributed by atoms with E-state index in [1.165, 1.54) is 24.0 Å². The van der Waals surface area contributed by atoms with Gasteiger partial charge in [-0.25, -0.2) is 0 Å². The zero-order valence-electron chi connectivity index (χ0n) is 16.5. The van der Waals surface area contributed by atoms with E-state index in [4.69, 9.17) is 4.74 Å². The van der Waals surface area contributed by atoms with Crippen LogP contribution < -0.4 is 15.4 Å². The number of rotatable bonds is 8. The maximum absolute atomic E-state index is 12.2. The number of carbonyl (C=O) groups excluding carboxylic acids is 1. The Balaban J connectivity index is 1.38. The molecule has 2 bridgehead atoms. The highest BCUT2D eigenvalue weighted by Crippen LogP contribution is 2.58. The summed E-state index contributed by atoms with van der Waals surface area (Å²) in [4.78, 5) is 12.2. The first kappa shape index (κ1) is 19.0. The second-order valence-corrected chi connectivity index (χ2v) is 8.45. The Morgan fingerprint density at radius 2 is 2.04 bits per heavy atom. The summed E-state index contributed by atoms with van der Waals surface area (Å²) >= 11 is 0. The average molecular weight is 357 g/mol. The van der Waals surface area contributed by atoms with Gasteiger partial charge >= 0.3 is 0 Å². The summed E-state index contributed by atoms with van der Waals surface area (Å²) in [5.41, 5.74) is 3.14. The number of ether oxygens (including phenoxy) is 1. The van der Waals surface area contributed by atoms with Crippen LogP contribution >= 0.6 is 0 Å². The Morgan fingerprint density at radius 1 is 1.31 bits per heavy atom. The van der Waals surface area contributed by atoms with Crippen molar-refractivity contribution in [1.29, 1.82) is 0 Å². The second kappa shape index (κ2) is 7.83. The molecule has 0 spiro atoms. The van der Waals surface area contributed by atoms with E-state index in [0.29, 0.717) is 17.9 Å². The minimum atomic E-state index is 0.0631. The van der Waals surface area contributed by atoms with Crippen molar-refractivity contribution >= 4 is 5.91 Å². The molecular formula is C22H32N2O2. The molecule has 3 unspecified atom stereocenters. The molecule has 3 aliphatic carbocycles. The van der Waals surface area contributed by atoms with Crippen LogP contribution in [0.25, 0.3) is 0 Å². The van der Waals surface area contributed by atoms with E-state index in [1.54, 1.807) is 7.11 Å². The molecule has 4 heteroatoms. The Labute approximate surface area is 157 Å². The summed E-state index contributed by atoms with van der Waals surface area (Å²) in [6, 6.07) is 8.11. The predicted molar refractivity (Wildman–Crippen MR) is 105 cm³/mol. The molecule has 3 aliphatic rings. The van der Waals surface area contributed by atoms with Gasteiger partial charge < -0.3 is 15.4 Å². The summed E-state index contributed by atoms with van der Waals surface area (Å²) in [6.07, 6.45) is 5.73. The molecule has 26 heavy (non-hydrogen) atoms. The van der Waals surface area contributed by atoms with Crippen LogP contribution in [0.2, 0.25) is 0 Å². The second-order valence-electron chi connectivity index (χ2n) is 8.45. The van der Waals surface area contributed by atoms with E-state index < -0.39 is 0 Å².